The lowest BCUT2D eigenvalue weighted by Crippen LogP contribution is -2.19. The molecule has 0 aliphatic heterocycles. The maximum Gasteiger partial charge on any atom is 0.0577 e. The Kier molecular flexibility index (Phi) is 4.46. The summed E-state index contributed by atoms with van der Waals surface area (Å²) < 4.78 is 0. The fraction of sp³-hybridized carbons (Fsp3) is 0.333. The van der Waals surface area contributed by atoms with Crippen LogP contribution in [0.15, 0.2) is 42.5 Å². The fourth-order valence-corrected chi connectivity index (χ4v) is 2.57. The number of hydrogen-bond donors (Lipinski definition) is 2. The molecule has 0 saturated carbocycles. The summed E-state index contributed by atoms with van der Waals surface area (Å²) in [6, 6.07) is 15.0. The Balaban J connectivity index is 2.48. The second-order valence-electron chi connectivity index (χ2n) is 5.66. The van der Waals surface area contributed by atoms with E-state index in [1.54, 1.807) is 0 Å². The normalized spacial score (nSPS) is 12.7. The molecule has 2 heteroatoms. The molecule has 0 saturated heterocycles. The van der Waals surface area contributed by atoms with Crippen molar-refractivity contribution in [3.8, 4) is 0 Å². The Hall–Kier alpha value is -1.80. The largest absolute Gasteiger partial charge is 0.399 e. The van der Waals surface area contributed by atoms with Gasteiger partial charge < -0.3 is 11.1 Å². The Morgan fingerprint density at radius 1 is 1.00 bits per heavy atom. The minimum absolute atomic E-state index is 0.178. The molecule has 2 aromatic carbocycles. The number of nitrogens with one attached hydrogen (secondary N) is 1. The van der Waals surface area contributed by atoms with Crippen LogP contribution in [0.1, 0.15) is 48.1 Å². The topological polar surface area (TPSA) is 38.0 Å². The molecule has 2 rings (SSSR count). The van der Waals surface area contributed by atoms with Crippen molar-refractivity contribution in [2.45, 2.75) is 32.7 Å². The predicted molar refractivity (Wildman–Crippen MR) is 87.0 cm³/mol. The number of hydrogen-bond acceptors (Lipinski definition) is 2. The summed E-state index contributed by atoms with van der Waals surface area (Å²) in [6.45, 7) is 6.61. The molecule has 1 atom stereocenters. The van der Waals surface area contributed by atoms with Crippen LogP contribution in [0.2, 0.25) is 0 Å². The average Bonchev–Trinajstić information content (AvgIpc) is 2.41. The highest BCUT2D eigenvalue weighted by molar-refractivity contribution is 5.46. The Morgan fingerprint density at radius 2 is 1.75 bits per heavy atom. The minimum atomic E-state index is 0.178. The van der Waals surface area contributed by atoms with Gasteiger partial charge in [0.25, 0.3) is 0 Å². The molecule has 106 valence electrons. The van der Waals surface area contributed by atoms with Crippen LogP contribution in [0, 0.1) is 6.92 Å². The minimum Gasteiger partial charge on any atom is -0.399 e. The van der Waals surface area contributed by atoms with E-state index < -0.39 is 0 Å². The van der Waals surface area contributed by atoms with Crippen molar-refractivity contribution in [1.82, 2.24) is 5.32 Å². The van der Waals surface area contributed by atoms with Crippen LogP contribution in [0.4, 0.5) is 5.69 Å². The van der Waals surface area contributed by atoms with Crippen LogP contribution >= 0.6 is 0 Å². The first-order valence-electron chi connectivity index (χ1n) is 7.16. The van der Waals surface area contributed by atoms with Crippen LogP contribution in [-0.2, 0) is 0 Å². The Labute approximate surface area is 122 Å². The van der Waals surface area contributed by atoms with E-state index in [-0.39, 0.29) is 6.04 Å². The molecule has 0 heterocycles. The van der Waals surface area contributed by atoms with Crippen molar-refractivity contribution in [2.24, 2.45) is 0 Å². The van der Waals surface area contributed by atoms with Crippen LogP contribution in [-0.4, -0.2) is 7.05 Å². The summed E-state index contributed by atoms with van der Waals surface area (Å²) in [4.78, 5) is 0. The third kappa shape index (κ3) is 3.02. The van der Waals surface area contributed by atoms with E-state index in [4.69, 9.17) is 5.73 Å². The van der Waals surface area contributed by atoms with Gasteiger partial charge in [-0.25, -0.2) is 0 Å². The number of aryl methyl sites for hydroxylation is 1. The molecular weight excluding hydrogens is 244 g/mol. The monoisotopic (exact) mass is 268 g/mol. The lowest BCUT2D eigenvalue weighted by molar-refractivity contribution is 0.685. The standard InChI is InChI=1S/C18H24N2/c1-12(2)14-9-8-13(3)17(11-14)18(20-4)15-6-5-7-16(19)10-15/h5-12,18,20H,19H2,1-4H3. The van der Waals surface area contributed by atoms with Gasteiger partial charge in [0.05, 0.1) is 6.04 Å². The van der Waals surface area contributed by atoms with Gasteiger partial charge in [0.2, 0.25) is 0 Å². The summed E-state index contributed by atoms with van der Waals surface area (Å²) in [5, 5.41) is 3.41. The third-order valence-electron chi connectivity index (χ3n) is 3.81. The molecule has 0 aromatic heterocycles. The summed E-state index contributed by atoms with van der Waals surface area (Å²) in [5.74, 6) is 0.535. The van der Waals surface area contributed by atoms with Gasteiger partial charge in [-0.05, 0) is 54.3 Å². The van der Waals surface area contributed by atoms with Crippen LogP contribution in [0.25, 0.3) is 0 Å². The quantitative estimate of drug-likeness (QED) is 0.822. The summed E-state index contributed by atoms with van der Waals surface area (Å²) in [6.07, 6.45) is 0. The molecule has 0 spiro atoms. The van der Waals surface area contributed by atoms with Gasteiger partial charge in [-0.1, -0.05) is 44.2 Å². The van der Waals surface area contributed by atoms with Crippen molar-refractivity contribution in [1.29, 1.82) is 0 Å². The van der Waals surface area contributed by atoms with Crippen molar-refractivity contribution in [3.05, 3.63) is 64.7 Å². The molecule has 0 aliphatic rings. The zero-order valence-electron chi connectivity index (χ0n) is 12.8. The van der Waals surface area contributed by atoms with E-state index in [0.717, 1.165) is 5.69 Å². The van der Waals surface area contributed by atoms with E-state index in [9.17, 15) is 0 Å². The SMILES string of the molecule is CNC(c1cccc(N)c1)c1cc(C(C)C)ccc1C. The van der Waals surface area contributed by atoms with Gasteiger partial charge in [0.1, 0.15) is 0 Å². The third-order valence-corrected chi connectivity index (χ3v) is 3.81. The molecule has 0 amide bonds. The van der Waals surface area contributed by atoms with Gasteiger partial charge in [0, 0.05) is 5.69 Å². The molecule has 0 radical (unpaired) electrons. The summed E-state index contributed by atoms with van der Waals surface area (Å²) >= 11 is 0. The number of benzene rings is 2. The number of anilines is 1. The van der Waals surface area contributed by atoms with Crippen LogP contribution < -0.4 is 11.1 Å². The second-order valence-corrected chi connectivity index (χ2v) is 5.66. The van der Waals surface area contributed by atoms with E-state index >= 15 is 0 Å². The maximum absolute atomic E-state index is 5.92. The number of nitrogen functional groups attached to an aromatic ring is 1. The van der Waals surface area contributed by atoms with Crippen molar-refractivity contribution < 1.29 is 0 Å². The molecule has 0 fully saturated rings. The van der Waals surface area contributed by atoms with Crippen molar-refractivity contribution >= 4 is 5.69 Å². The zero-order chi connectivity index (χ0) is 14.7. The van der Waals surface area contributed by atoms with Crippen molar-refractivity contribution in [2.75, 3.05) is 12.8 Å². The van der Waals surface area contributed by atoms with E-state index in [2.05, 4.69) is 50.4 Å². The molecular formula is C18H24N2. The first-order valence-corrected chi connectivity index (χ1v) is 7.16. The van der Waals surface area contributed by atoms with Crippen LogP contribution in [0.5, 0.6) is 0 Å². The predicted octanol–water partition coefficient (Wildman–Crippen LogP) is 4.01. The van der Waals surface area contributed by atoms with E-state index in [1.165, 1.54) is 22.3 Å². The highest BCUT2D eigenvalue weighted by Crippen LogP contribution is 2.28. The lowest BCUT2D eigenvalue weighted by Gasteiger charge is -2.21. The van der Waals surface area contributed by atoms with Crippen molar-refractivity contribution in [3.63, 3.8) is 0 Å². The number of nitrogens with two attached hydrogens (primary N) is 1. The Morgan fingerprint density at radius 3 is 2.35 bits per heavy atom. The molecule has 0 aliphatic carbocycles. The highest BCUT2D eigenvalue weighted by atomic mass is 14.9. The first kappa shape index (κ1) is 14.6. The van der Waals surface area contributed by atoms with E-state index in [0.29, 0.717) is 5.92 Å². The molecule has 3 N–H and O–H groups in total. The fourth-order valence-electron chi connectivity index (χ4n) is 2.57. The molecule has 1 unspecified atom stereocenters. The lowest BCUT2D eigenvalue weighted by atomic mass is 9.90. The molecule has 20 heavy (non-hydrogen) atoms. The van der Waals surface area contributed by atoms with Gasteiger partial charge in [0.15, 0.2) is 0 Å². The van der Waals surface area contributed by atoms with Crippen LogP contribution in [0.3, 0.4) is 0 Å². The number of rotatable bonds is 4. The molecule has 2 nitrogen and oxygen atoms in total. The van der Waals surface area contributed by atoms with Gasteiger partial charge >= 0.3 is 0 Å². The second kappa shape index (κ2) is 6.10. The average molecular weight is 268 g/mol. The summed E-state index contributed by atoms with van der Waals surface area (Å²) in [7, 11) is 2.00. The highest BCUT2D eigenvalue weighted by Gasteiger charge is 2.15. The van der Waals surface area contributed by atoms with Gasteiger partial charge in [-0.2, -0.15) is 0 Å². The van der Waals surface area contributed by atoms with E-state index in [1.807, 2.05) is 25.2 Å². The molecule has 2 aromatic rings. The Bertz CT molecular complexity index is 588. The summed E-state index contributed by atoms with van der Waals surface area (Å²) in [5.41, 5.74) is 11.9. The maximum atomic E-state index is 5.92. The zero-order valence-corrected chi connectivity index (χ0v) is 12.8. The first-order chi connectivity index (χ1) is 9.52. The van der Waals surface area contributed by atoms with Gasteiger partial charge in [-0.15, -0.1) is 0 Å². The smallest absolute Gasteiger partial charge is 0.0577 e. The van der Waals surface area contributed by atoms with Gasteiger partial charge in [-0.3, -0.25) is 0 Å². The molecule has 0 bridgehead atoms.